The van der Waals surface area contributed by atoms with Gasteiger partial charge in [0.1, 0.15) is 11.4 Å². The zero-order valence-electron chi connectivity index (χ0n) is 13.7. The number of H-pyrrole nitrogens is 1. The van der Waals surface area contributed by atoms with Crippen LogP contribution in [0, 0.1) is 5.82 Å². The van der Waals surface area contributed by atoms with Gasteiger partial charge in [0.15, 0.2) is 0 Å². The van der Waals surface area contributed by atoms with Crippen molar-refractivity contribution in [2.24, 2.45) is 4.99 Å². The molecule has 3 rings (SSSR count). The van der Waals surface area contributed by atoms with Crippen LogP contribution in [0.5, 0.6) is 5.88 Å². The van der Waals surface area contributed by atoms with Gasteiger partial charge in [-0.15, -0.1) is 0 Å². The molecular weight excluding hydrogens is 325 g/mol. The van der Waals surface area contributed by atoms with Crippen LogP contribution in [-0.2, 0) is 0 Å². The predicted molar refractivity (Wildman–Crippen MR) is 93.4 cm³/mol. The van der Waals surface area contributed by atoms with Gasteiger partial charge in [0.05, 0.1) is 5.69 Å². The Kier molecular flexibility index (Phi) is 5.11. The third kappa shape index (κ3) is 3.87. The molecule has 0 radical (unpaired) electrons. The van der Waals surface area contributed by atoms with Crippen LogP contribution in [0.4, 0.5) is 10.1 Å². The zero-order chi connectivity index (χ0) is 17.8. The summed E-state index contributed by atoms with van der Waals surface area (Å²) in [7, 11) is 0. The number of rotatable bonds is 3. The molecule has 1 aliphatic carbocycles. The molecular formula is C18H20FN3O3. The number of nitrogens with zero attached hydrogens (tertiary/aromatic N) is 2. The lowest BCUT2D eigenvalue weighted by Gasteiger charge is -2.19. The number of aromatic hydroxyl groups is 1. The Bertz CT molecular complexity index is 893. The first-order valence-corrected chi connectivity index (χ1v) is 8.43. The van der Waals surface area contributed by atoms with E-state index >= 15 is 0 Å². The summed E-state index contributed by atoms with van der Waals surface area (Å²) in [5.41, 5.74) is -1.12. The third-order valence-electron chi connectivity index (χ3n) is 4.49. The standard InChI is InChI=1S/C18H20FN3O3/c19-12-6-5-7-13(10-12)20-11-15-16(23)21-18(25)22(17(15)24)14-8-3-1-2-4-9-14/h5-7,10-11,14,24H,1-4,8-9H2,(H,21,23,25). The maximum atomic E-state index is 13.2. The molecule has 25 heavy (non-hydrogen) atoms. The highest BCUT2D eigenvalue weighted by Gasteiger charge is 2.21. The fourth-order valence-electron chi connectivity index (χ4n) is 3.22. The van der Waals surface area contributed by atoms with Gasteiger partial charge in [0.2, 0.25) is 5.88 Å². The highest BCUT2D eigenvalue weighted by atomic mass is 19.1. The zero-order valence-corrected chi connectivity index (χ0v) is 13.7. The first-order valence-electron chi connectivity index (χ1n) is 8.43. The summed E-state index contributed by atoms with van der Waals surface area (Å²) in [5, 5.41) is 10.5. The molecule has 0 amide bonds. The summed E-state index contributed by atoms with van der Waals surface area (Å²) in [6.45, 7) is 0. The van der Waals surface area contributed by atoms with Crippen molar-refractivity contribution in [1.82, 2.24) is 9.55 Å². The second-order valence-corrected chi connectivity index (χ2v) is 6.25. The fraction of sp³-hybridized carbons (Fsp3) is 0.389. The normalized spacial score (nSPS) is 16.2. The molecule has 0 saturated heterocycles. The topological polar surface area (TPSA) is 87.5 Å². The van der Waals surface area contributed by atoms with Crippen molar-refractivity contribution < 1.29 is 9.50 Å². The quantitative estimate of drug-likeness (QED) is 0.662. The van der Waals surface area contributed by atoms with Crippen LogP contribution >= 0.6 is 0 Å². The number of halogens is 1. The minimum Gasteiger partial charge on any atom is -0.494 e. The van der Waals surface area contributed by atoms with Gasteiger partial charge in [0, 0.05) is 12.3 Å². The number of hydrogen-bond donors (Lipinski definition) is 2. The van der Waals surface area contributed by atoms with Crippen molar-refractivity contribution in [3.05, 3.63) is 56.5 Å². The maximum absolute atomic E-state index is 13.2. The fourth-order valence-corrected chi connectivity index (χ4v) is 3.22. The summed E-state index contributed by atoms with van der Waals surface area (Å²) < 4.78 is 14.5. The highest BCUT2D eigenvalue weighted by molar-refractivity contribution is 5.84. The molecule has 1 aliphatic rings. The first kappa shape index (κ1) is 17.1. The van der Waals surface area contributed by atoms with Gasteiger partial charge >= 0.3 is 5.69 Å². The number of aromatic nitrogens is 2. The molecule has 1 aromatic carbocycles. The first-order chi connectivity index (χ1) is 12.1. The Labute approximate surface area is 143 Å². The number of nitrogens with one attached hydrogen (secondary N) is 1. The van der Waals surface area contributed by atoms with E-state index in [4.69, 9.17) is 0 Å². The van der Waals surface area contributed by atoms with Crippen LogP contribution in [-0.4, -0.2) is 20.9 Å². The lowest BCUT2D eigenvalue weighted by Crippen LogP contribution is -2.34. The minimum absolute atomic E-state index is 0.104. The second-order valence-electron chi connectivity index (χ2n) is 6.25. The van der Waals surface area contributed by atoms with E-state index in [1.54, 1.807) is 6.07 Å². The van der Waals surface area contributed by atoms with Gasteiger partial charge in [-0.05, 0) is 31.0 Å². The highest BCUT2D eigenvalue weighted by Crippen LogP contribution is 2.29. The van der Waals surface area contributed by atoms with Crippen LogP contribution in [0.2, 0.25) is 0 Å². The number of hydrogen-bond acceptors (Lipinski definition) is 4. The van der Waals surface area contributed by atoms with E-state index in [1.165, 1.54) is 22.8 Å². The SMILES string of the molecule is O=c1[nH]c(=O)n(C2CCCCCC2)c(O)c1C=Nc1cccc(F)c1. The predicted octanol–water partition coefficient (Wildman–Crippen LogP) is 3.03. The Morgan fingerprint density at radius 2 is 1.92 bits per heavy atom. The van der Waals surface area contributed by atoms with Crippen LogP contribution < -0.4 is 11.2 Å². The average molecular weight is 345 g/mol. The van der Waals surface area contributed by atoms with Crippen molar-refractivity contribution >= 4 is 11.9 Å². The molecule has 2 aromatic rings. The smallest absolute Gasteiger partial charge is 0.331 e. The molecule has 1 aromatic heterocycles. The van der Waals surface area contributed by atoms with Crippen LogP contribution in [0.15, 0.2) is 38.8 Å². The van der Waals surface area contributed by atoms with Crippen molar-refractivity contribution in [2.75, 3.05) is 0 Å². The summed E-state index contributed by atoms with van der Waals surface area (Å²) >= 11 is 0. The Morgan fingerprint density at radius 1 is 1.20 bits per heavy atom. The summed E-state index contributed by atoms with van der Waals surface area (Å²) in [4.78, 5) is 30.5. The van der Waals surface area contributed by atoms with Crippen molar-refractivity contribution in [3.8, 4) is 5.88 Å². The molecule has 7 heteroatoms. The summed E-state index contributed by atoms with van der Waals surface area (Å²) in [6, 6.07) is 5.43. The van der Waals surface area contributed by atoms with E-state index < -0.39 is 17.1 Å². The van der Waals surface area contributed by atoms with Gasteiger partial charge in [-0.1, -0.05) is 31.7 Å². The van der Waals surface area contributed by atoms with Gasteiger partial charge in [-0.3, -0.25) is 19.3 Å². The Balaban J connectivity index is 2.00. The molecule has 0 spiro atoms. The molecule has 0 atom stereocenters. The van der Waals surface area contributed by atoms with E-state index in [-0.39, 0.29) is 17.5 Å². The number of aliphatic imine (C=N–C) groups is 1. The second kappa shape index (κ2) is 7.46. The minimum atomic E-state index is -0.715. The van der Waals surface area contributed by atoms with Crippen molar-refractivity contribution in [3.63, 3.8) is 0 Å². The maximum Gasteiger partial charge on any atom is 0.331 e. The molecule has 0 unspecified atom stereocenters. The Hall–Kier alpha value is -2.70. The molecule has 2 N–H and O–H groups in total. The molecule has 1 heterocycles. The van der Waals surface area contributed by atoms with E-state index in [2.05, 4.69) is 9.98 Å². The lowest BCUT2D eigenvalue weighted by atomic mass is 10.1. The van der Waals surface area contributed by atoms with Crippen LogP contribution in [0.25, 0.3) is 0 Å². The monoisotopic (exact) mass is 345 g/mol. The molecule has 0 bridgehead atoms. The molecule has 0 aliphatic heterocycles. The molecule has 132 valence electrons. The van der Waals surface area contributed by atoms with Gasteiger partial charge in [-0.2, -0.15) is 0 Å². The van der Waals surface area contributed by atoms with Gasteiger partial charge in [-0.25, -0.2) is 9.18 Å². The summed E-state index contributed by atoms with van der Waals surface area (Å²) in [5.74, 6) is -0.836. The number of aromatic amines is 1. The van der Waals surface area contributed by atoms with E-state index in [0.717, 1.165) is 44.7 Å². The third-order valence-corrected chi connectivity index (χ3v) is 4.49. The molecule has 6 nitrogen and oxygen atoms in total. The van der Waals surface area contributed by atoms with Crippen LogP contribution in [0.1, 0.15) is 50.1 Å². The van der Waals surface area contributed by atoms with Gasteiger partial charge < -0.3 is 5.11 Å². The van der Waals surface area contributed by atoms with E-state index in [1.807, 2.05) is 0 Å². The number of benzene rings is 1. The van der Waals surface area contributed by atoms with E-state index in [9.17, 15) is 19.1 Å². The summed E-state index contributed by atoms with van der Waals surface area (Å²) in [6.07, 6.45) is 6.87. The van der Waals surface area contributed by atoms with Crippen molar-refractivity contribution in [2.45, 2.75) is 44.6 Å². The molecule has 1 saturated carbocycles. The largest absolute Gasteiger partial charge is 0.494 e. The van der Waals surface area contributed by atoms with Crippen LogP contribution in [0.3, 0.4) is 0 Å². The Morgan fingerprint density at radius 3 is 2.60 bits per heavy atom. The average Bonchev–Trinajstić information content (AvgIpc) is 2.83. The molecule has 1 fully saturated rings. The van der Waals surface area contributed by atoms with Crippen molar-refractivity contribution in [1.29, 1.82) is 0 Å². The van der Waals surface area contributed by atoms with Gasteiger partial charge in [0.25, 0.3) is 5.56 Å². The lowest BCUT2D eigenvalue weighted by molar-refractivity contribution is 0.339. The van der Waals surface area contributed by atoms with E-state index in [0.29, 0.717) is 5.69 Å².